The van der Waals surface area contributed by atoms with Gasteiger partial charge >= 0.3 is 6.03 Å². The Morgan fingerprint density at radius 1 is 0.875 bits per heavy atom. The first-order valence-electron chi connectivity index (χ1n) is 13.6. The summed E-state index contributed by atoms with van der Waals surface area (Å²) in [4.78, 5) is 49.4. The summed E-state index contributed by atoms with van der Waals surface area (Å²) in [5.74, 6) is -0.212. The Labute approximate surface area is 234 Å². The van der Waals surface area contributed by atoms with E-state index in [9.17, 15) is 14.4 Å². The smallest absolute Gasteiger partial charge is 0.317 e. The van der Waals surface area contributed by atoms with E-state index in [1.807, 2.05) is 79.7 Å². The quantitative estimate of drug-likeness (QED) is 0.481. The van der Waals surface area contributed by atoms with Crippen molar-refractivity contribution in [2.75, 3.05) is 32.7 Å². The van der Waals surface area contributed by atoms with Gasteiger partial charge in [0.25, 0.3) is 11.8 Å². The highest BCUT2D eigenvalue weighted by atomic mass is 16.2. The summed E-state index contributed by atoms with van der Waals surface area (Å²) in [6, 6.07) is 26.0. The summed E-state index contributed by atoms with van der Waals surface area (Å²) in [7, 11) is 0. The fraction of sp³-hybridized carbons (Fsp3) is 0.290. The Kier molecular flexibility index (Phi) is 7.82. The average Bonchev–Trinajstić information content (AvgIpc) is 3.26. The molecule has 5 rings (SSSR count). The third kappa shape index (κ3) is 5.14. The lowest BCUT2D eigenvalue weighted by Gasteiger charge is -2.34. The maximum absolute atomic E-state index is 14.1. The second-order valence-corrected chi connectivity index (χ2v) is 10.0. The number of nitrogens with zero attached hydrogens (tertiary/aromatic N) is 4. The van der Waals surface area contributed by atoms with Gasteiger partial charge in [-0.1, -0.05) is 79.7 Å². The van der Waals surface area contributed by atoms with Crippen molar-refractivity contribution < 1.29 is 14.4 Å². The monoisotopic (exact) mass is 538 g/mol. The summed E-state index contributed by atoms with van der Waals surface area (Å²) in [5.41, 5.74) is 7.89. The Balaban J connectivity index is 1.32. The van der Waals surface area contributed by atoms with Crippen LogP contribution in [0.15, 0.2) is 89.9 Å². The van der Waals surface area contributed by atoms with Gasteiger partial charge in [-0.05, 0) is 35.2 Å². The highest BCUT2D eigenvalue weighted by Gasteiger charge is 2.50. The van der Waals surface area contributed by atoms with Crippen LogP contribution in [0.25, 0.3) is 0 Å². The molecule has 9 heteroatoms. The minimum atomic E-state index is -1.27. The molecule has 206 valence electrons. The van der Waals surface area contributed by atoms with Gasteiger partial charge in [0.2, 0.25) is 0 Å². The van der Waals surface area contributed by atoms with Crippen LogP contribution >= 0.6 is 0 Å². The Hall–Kier alpha value is -4.66. The molecule has 0 spiro atoms. The zero-order chi connectivity index (χ0) is 28.1. The summed E-state index contributed by atoms with van der Waals surface area (Å²) in [6.45, 7) is 4.72. The lowest BCUT2D eigenvalue weighted by Crippen LogP contribution is -2.53. The molecule has 0 radical (unpaired) electrons. The highest BCUT2D eigenvalue weighted by molar-refractivity contribution is 6.09. The molecular weight excluding hydrogens is 504 g/mol. The Morgan fingerprint density at radius 3 is 2.08 bits per heavy atom. The number of nitrogens with two attached hydrogens (primary N) is 1. The van der Waals surface area contributed by atoms with Crippen molar-refractivity contribution in [1.82, 2.24) is 20.0 Å². The molecule has 3 aromatic carbocycles. The van der Waals surface area contributed by atoms with Gasteiger partial charge in [0.05, 0.1) is 6.54 Å². The zero-order valence-electron chi connectivity index (χ0n) is 22.6. The number of carbonyl (C=O) groups excluding carboxylic acids is 3. The van der Waals surface area contributed by atoms with Crippen LogP contribution in [0.3, 0.4) is 0 Å². The molecule has 4 amide bonds. The Bertz CT molecular complexity index is 1360. The number of urea groups is 1. The number of benzene rings is 3. The molecule has 1 saturated heterocycles. The van der Waals surface area contributed by atoms with E-state index in [0.717, 1.165) is 23.1 Å². The maximum atomic E-state index is 14.1. The van der Waals surface area contributed by atoms with Gasteiger partial charge in [-0.2, -0.15) is 0 Å². The van der Waals surface area contributed by atoms with E-state index in [0.29, 0.717) is 38.3 Å². The molecule has 9 nitrogen and oxygen atoms in total. The summed E-state index contributed by atoms with van der Waals surface area (Å²) in [5, 5.41) is 2.88. The molecule has 0 aliphatic carbocycles. The largest absolute Gasteiger partial charge is 0.369 e. The summed E-state index contributed by atoms with van der Waals surface area (Å²) >= 11 is 0. The molecule has 3 N–H and O–H groups in total. The van der Waals surface area contributed by atoms with E-state index in [-0.39, 0.29) is 30.3 Å². The van der Waals surface area contributed by atoms with E-state index >= 15 is 0 Å². The van der Waals surface area contributed by atoms with Crippen LogP contribution in [-0.4, -0.2) is 71.2 Å². The fourth-order valence-corrected chi connectivity index (χ4v) is 5.26. The first kappa shape index (κ1) is 26.9. The standard InChI is InChI=1S/C31H34N6O3/c1-2-16-33-30(40)36-19-17-35(18-20-36)27(38)24-11-9-10-23(21-24)22-37-28(39)31(34-29(37)32,25-12-5-3-6-13-25)26-14-7-4-8-15-26/h3-15,21H,2,16-20,22H2,1H3,(H2,32,34)(H,33,40). The second-order valence-electron chi connectivity index (χ2n) is 10.0. The lowest BCUT2D eigenvalue weighted by molar-refractivity contribution is -0.130. The van der Waals surface area contributed by atoms with Crippen molar-refractivity contribution >= 4 is 23.8 Å². The van der Waals surface area contributed by atoms with Crippen LogP contribution in [0.4, 0.5) is 4.79 Å². The predicted molar refractivity (Wildman–Crippen MR) is 153 cm³/mol. The van der Waals surface area contributed by atoms with Crippen molar-refractivity contribution in [1.29, 1.82) is 0 Å². The molecule has 3 aromatic rings. The molecule has 0 saturated carbocycles. The van der Waals surface area contributed by atoms with Gasteiger partial charge in [0.15, 0.2) is 11.5 Å². The number of carbonyl (C=O) groups is 3. The minimum absolute atomic E-state index is 0.0902. The molecule has 1 fully saturated rings. The van der Waals surface area contributed by atoms with Crippen LogP contribution in [0, 0.1) is 0 Å². The van der Waals surface area contributed by atoms with Crippen LogP contribution in [0.5, 0.6) is 0 Å². The van der Waals surface area contributed by atoms with Gasteiger partial charge in [-0.15, -0.1) is 0 Å². The zero-order valence-corrected chi connectivity index (χ0v) is 22.6. The Morgan fingerprint density at radius 2 is 1.48 bits per heavy atom. The number of amides is 4. The molecule has 0 bridgehead atoms. The highest BCUT2D eigenvalue weighted by Crippen LogP contribution is 2.40. The topological polar surface area (TPSA) is 111 Å². The SMILES string of the molecule is CCCNC(=O)N1CCN(C(=O)c2cccc(CN3C(=O)C(c4ccccc4)(c4ccccc4)N=C3N)c2)CC1. The summed E-state index contributed by atoms with van der Waals surface area (Å²) in [6.07, 6.45) is 0.876. The average molecular weight is 539 g/mol. The second kappa shape index (κ2) is 11.6. The van der Waals surface area contributed by atoms with E-state index < -0.39 is 5.54 Å². The lowest BCUT2D eigenvalue weighted by atomic mass is 9.83. The normalized spacial score (nSPS) is 16.6. The van der Waals surface area contributed by atoms with Crippen molar-refractivity contribution in [3.8, 4) is 0 Å². The summed E-state index contributed by atoms with van der Waals surface area (Å²) < 4.78 is 0. The number of hydrogen-bond acceptors (Lipinski definition) is 5. The van der Waals surface area contributed by atoms with Crippen molar-refractivity contribution in [3.63, 3.8) is 0 Å². The molecule has 0 aromatic heterocycles. The van der Waals surface area contributed by atoms with E-state index in [1.54, 1.807) is 21.9 Å². The molecular formula is C31H34N6O3. The molecule has 0 unspecified atom stereocenters. The number of rotatable bonds is 7. The number of nitrogens with one attached hydrogen (secondary N) is 1. The molecule has 40 heavy (non-hydrogen) atoms. The first-order valence-corrected chi connectivity index (χ1v) is 13.6. The van der Waals surface area contributed by atoms with Crippen LogP contribution in [-0.2, 0) is 16.9 Å². The van der Waals surface area contributed by atoms with Crippen LogP contribution in [0.2, 0.25) is 0 Å². The molecule has 0 atom stereocenters. The number of piperazine rings is 1. The van der Waals surface area contributed by atoms with Gasteiger partial charge in [-0.3, -0.25) is 14.5 Å². The van der Waals surface area contributed by atoms with E-state index in [1.165, 1.54) is 4.90 Å². The molecule has 2 heterocycles. The fourth-order valence-electron chi connectivity index (χ4n) is 5.26. The first-order chi connectivity index (χ1) is 19.4. The number of aliphatic imine (C=N–C) groups is 1. The third-order valence-electron chi connectivity index (χ3n) is 7.39. The molecule has 2 aliphatic heterocycles. The van der Waals surface area contributed by atoms with Gasteiger partial charge in [0, 0.05) is 38.3 Å². The van der Waals surface area contributed by atoms with Gasteiger partial charge < -0.3 is 20.9 Å². The van der Waals surface area contributed by atoms with Crippen LogP contribution in [0.1, 0.15) is 40.4 Å². The van der Waals surface area contributed by atoms with Gasteiger partial charge in [0.1, 0.15) is 0 Å². The van der Waals surface area contributed by atoms with E-state index in [2.05, 4.69) is 5.32 Å². The third-order valence-corrected chi connectivity index (χ3v) is 7.39. The van der Waals surface area contributed by atoms with Gasteiger partial charge in [-0.25, -0.2) is 9.79 Å². The number of guanidine groups is 1. The predicted octanol–water partition coefficient (Wildman–Crippen LogP) is 3.16. The van der Waals surface area contributed by atoms with Crippen molar-refractivity contribution in [2.45, 2.75) is 25.4 Å². The maximum Gasteiger partial charge on any atom is 0.317 e. The number of hydrogen-bond donors (Lipinski definition) is 2. The van der Waals surface area contributed by atoms with Crippen LogP contribution < -0.4 is 11.1 Å². The van der Waals surface area contributed by atoms with Crippen molar-refractivity contribution in [2.24, 2.45) is 10.7 Å². The minimum Gasteiger partial charge on any atom is -0.369 e. The van der Waals surface area contributed by atoms with Crippen molar-refractivity contribution in [3.05, 3.63) is 107 Å². The van der Waals surface area contributed by atoms with E-state index in [4.69, 9.17) is 10.7 Å². The molecule has 2 aliphatic rings.